The van der Waals surface area contributed by atoms with E-state index < -0.39 is 0 Å². The van der Waals surface area contributed by atoms with E-state index in [9.17, 15) is 4.79 Å². The number of carbonyl (C=O) groups excluding carboxylic acids is 1. The monoisotopic (exact) mass is 426 g/mol. The molecule has 0 fully saturated rings. The fourth-order valence-electron chi connectivity index (χ4n) is 2.73. The summed E-state index contributed by atoms with van der Waals surface area (Å²) in [6.07, 6.45) is 6.97. The molecule has 0 N–H and O–H groups in total. The van der Waals surface area contributed by atoms with Gasteiger partial charge in [-0.05, 0) is 51.8 Å². The average Bonchev–Trinajstić information content (AvgIpc) is 3.10. The third-order valence-corrected chi connectivity index (χ3v) is 4.45. The Kier molecular flexibility index (Phi) is 6.08. The van der Waals surface area contributed by atoms with Gasteiger partial charge in [-0.1, -0.05) is 24.3 Å². The smallest absolute Gasteiger partial charge is 0.189 e. The number of allylic oxidation sites excluding steroid dienone is 1. The van der Waals surface area contributed by atoms with Gasteiger partial charge in [-0.25, -0.2) is 0 Å². The minimum atomic E-state index is -0.110. The topological polar surface area (TPSA) is 53.4 Å². The number of benzene rings is 2. The Balaban J connectivity index is 1.83. The number of ether oxygens (including phenoxy) is 2. The van der Waals surface area contributed by atoms with Crippen LogP contribution in [-0.2, 0) is 6.54 Å². The van der Waals surface area contributed by atoms with Crippen molar-refractivity contribution in [2.24, 2.45) is 0 Å². The molecule has 0 atom stereocenters. The van der Waals surface area contributed by atoms with E-state index in [0.717, 1.165) is 21.3 Å². The molecule has 1 heterocycles. The molecule has 1 aromatic heterocycles. The summed E-state index contributed by atoms with van der Waals surface area (Å²) in [5.41, 5.74) is 2.41. The maximum absolute atomic E-state index is 12.5. The van der Waals surface area contributed by atoms with Crippen molar-refractivity contribution in [3.05, 3.63) is 82.1 Å². The molecule has 0 aliphatic heterocycles. The zero-order valence-electron chi connectivity index (χ0n) is 15.1. The molecule has 5 nitrogen and oxygen atoms in total. The zero-order chi connectivity index (χ0) is 19.2. The second-order valence-electron chi connectivity index (χ2n) is 5.83. The van der Waals surface area contributed by atoms with Crippen LogP contribution in [0.5, 0.6) is 11.5 Å². The SMILES string of the molecule is COc1ccc(/C=C/C(=O)c2ccccc2OC)cc1Cn1cc(Br)cn1. The summed E-state index contributed by atoms with van der Waals surface area (Å²) in [6.45, 7) is 0.566. The first-order chi connectivity index (χ1) is 13.1. The van der Waals surface area contributed by atoms with Crippen LogP contribution >= 0.6 is 15.9 Å². The number of para-hydroxylation sites is 1. The summed E-state index contributed by atoms with van der Waals surface area (Å²) in [5.74, 6) is 1.22. The fraction of sp³-hybridized carbons (Fsp3) is 0.143. The van der Waals surface area contributed by atoms with Crippen LogP contribution in [0.4, 0.5) is 0 Å². The van der Waals surface area contributed by atoms with Gasteiger partial charge in [0.25, 0.3) is 0 Å². The average molecular weight is 427 g/mol. The van der Waals surface area contributed by atoms with Crippen molar-refractivity contribution < 1.29 is 14.3 Å². The van der Waals surface area contributed by atoms with Gasteiger partial charge in [0, 0.05) is 11.8 Å². The quantitative estimate of drug-likeness (QED) is 0.408. The summed E-state index contributed by atoms with van der Waals surface area (Å²) in [5, 5.41) is 4.28. The second-order valence-corrected chi connectivity index (χ2v) is 6.74. The molecule has 0 bridgehead atoms. The molecule has 138 valence electrons. The predicted molar refractivity (Wildman–Crippen MR) is 108 cm³/mol. The van der Waals surface area contributed by atoms with Crippen molar-refractivity contribution in [3.8, 4) is 11.5 Å². The van der Waals surface area contributed by atoms with Crippen molar-refractivity contribution in [3.63, 3.8) is 0 Å². The van der Waals surface area contributed by atoms with Crippen molar-refractivity contribution >= 4 is 27.8 Å². The molecule has 3 aromatic rings. The largest absolute Gasteiger partial charge is 0.496 e. The summed E-state index contributed by atoms with van der Waals surface area (Å²) >= 11 is 3.40. The molecule has 6 heteroatoms. The highest BCUT2D eigenvalue weighted by Gasteiger charge is 2.09. The van der Waals surface area contributed by atoms with Gasteiger partial charge in [0.2, 0.25) is 0 Å². The number of aromatic nitrogens is 2. The number of carbonyl (C=O) groups is 1. The van der Waals surface area contributed by atoms with E-state index in [1.165, 1.54) is 0 Å². The number of hydrogen-bond donors (Lipinski definition) is 0. The molecule has 0 unspecified atom stereocenters. The molecule has 0 aliphatic rings. The normalized spacial score (nSPS) is 10.9. The molecule has 0 saturated heterocycles. The number of hydrogen-bond acceptors (Lipinski definition) is 4. The third-order valence-electron chi connectivity index (χ3n) is 4.04. The van der Waals surface area contributed by atoms with E-state index >= 15 is 0 Å². The van der Waals surface area contributed by atoms with Crippen molar-refractivity contribution in [1.82, 2.24) is 9.78 Å². The Morgan fingerprint density at radius 1 is 1.15 bits per heavy atom. The number of nitrogens with zero attached hydrogens (tertiary/aromatic N) is 2. The van der Waals surface area contributed by atoms with Gasteiger partial charge in [-0.15, -0.1) is 0 Å². The van der Waals surface area contributed by atoms with Gasteiger partial charge in [0.15, 0.2) is 5.78 Å². The van der Waals surface area contributed by atoms with E-state index in [1.54, 1.807) is 44.7 Å². The molecule has 0 amide bonds. The molecule has 2 aromatic carbocycles. The molecule has 27 heavy (non-hydrogen) atoms. The first-order valence-electron chi connectivity index (χ1n) is 8.31. The van der Waals surface area contributed by atoms with Gasteiger partial charge in [-0.3, -0.25) is 9.48 Å². The lowest BCUT2D eigenvalue weighted by Crippen LogP contribution is -2.02. The highest BCUT2D eigenvalue weighted by molar-refractivity contribution is 9.10. The second kappa shape index (κ2) is 8.68. The minimum Gasteiger partial charge on any atom is -0.496 e. The van der Waals surface area contributed by atoms with Crippen molar-refractivity contribution in [2.45, 2.75) is 6.54 Å². The van der Waals surface area contributed by atoms with Crippen LogP contribution in [0.3, 0.4) is 0 Å². The number of rotatable bonds is 7. The van der Waals surface area contributed by atoms with Gasteiger partial charge in [0.05, 0.1) is 37.0 Å². The Morgan fingerprint density at radius 3 is 2.63 bits per heavy atom. The third kappa shape index (κ3) is 4.65. The summed E-state index contributed by atoms with van der Waals surface area (Å²) in [7, 11) is 3.19. The molecule has 0 saturated carbocycles. The van der Waals surface area contributed by atoms with Crippen LogP contribution in [0.25, 0.3) is 6.08 Å². The maximum Gasteiger partial charge on any atom is 0.189 e. The molecule has 3 rings (SSSR count). The van der Waals surface area contributed by atoms with E-state index in [1.807, 2.05) is 41.2 Å². The maximum atomic E-state index is 12.5. The highest BCUT2D eigenvalue weighted by atomic mass is 79.9. The number of halogens is 1. The Bertz CT molecular complexity index is 979. The van der Waals surface area contributed by atoms with E-state index in [-0.39, 0.29) is 5.78 Å². The van der Waals surface area contributed by atoms with Crippen molar-refractivity contribution in [2.75, 3.05) is 14.2 Å². The highest BCUT2D eigenvalue weighted by Crippen LogP contribution is 2.23. The summed E-state index contributed by atoms with van der Waals surface area (Å²) in [4.78, 5) is 12.5. The lowest BCUT2D eigenvalue weighted by molar-refractivity contribution is 0.104. The standard InChI is InChI=1S/C21H19BrN2O3/c1-26-20-10-8-15(11-16(20)13-24-14-17(22)12-23-24)7-9-19(25)18-5-3-4-6-21(18)27-2/h3-12,14H,13H2,1-2H3/b9-7+. The Labute approximate surface area is 166 Å². The lowest BCUT2D eigenvalue weighted by atomic mass is 10.1. The predicted octanol–water partition coefficient (Wildman–Crippen LogP) is 4.61. The Hall–Kier alpha value is -2.86. The van der Waals surface area contributed by atoms with Crippen molar-refractivity contribution in [1.29, 1.82) is 0 Å². The first-order valence-corrected chi connectivity index (χ1v) is 9.10. The zero-order valence-corrected chi connectivity index (χ0v) is 16.6. The summed E-state index contributed by atoms with van der Waals surface area (Å²) in [6, 6.07) is 13.0. The van der Waals surface area contributed by atoms with Gasteiger partial charge >= 0.3 is 0 Å². The van der Waals surface area contributed by atoms with Crippen LogP contribution in [0.2, 0.25) is 0 Å². The molecule has 0 spiro atoms. The van der Waals surface area contributed by atoms with Crippen LogP contribution in [0, 0.1) is 0 Å². The van der Waals surface area contributed by atoms with E-state index in [2.05, 4.69) is 21.0 Å². The summed E-state index contributed by atoms with van der Waals surface area (Å²) < 4.78 is 13.4. The lowest BCUT2D eigenvalue weighted by Gasteiger charge is -2.10. The molecule has 0 aliphatic carbocycles. The number of ketones is 1. The Morgan fingerprint density at radius 2 is 1.93 bits per heavy atom. The molecular weight excluding hydrogens is 408 g/mol. The van der Waals surface area contributed by atoms with E-state index in [0.29, 0.717) is 17.9 Å². The van der Waals surface area contributed by atoms with Crippen LogP contribution in [0.15, 0.2) is 65.4 Å². The van der Waals surface area contributed by atoms with Crippen LogP contribution in [-0.4, -0.2) is 29.8 Å². The molecular formula is C21H19BrN2O3. The molecule has 0 radical (unpaired) electrons. The van der Waals surface area contributed by atoms with Gasteiger partial charge in [-0.2, -0.15) is 5.10 Å². The minimum absolute atomic E-state index is 0.110. The van der Waals surface area contributed by atoms with E-state index in [4.69, 9.17) is 9.47 Å². The fourth-order valence-corrected chi connectivity index (χ4v) is 3.06. The van der Waals surface area contributed by atoms with Crippen LogP contribution in [0.1, 0.15) is 21.5 Å². The van der Waals surface area contributed by atoms with Gasteiger partial charge < -0.3 is 9.47 Å². The first kappa shape index (κ1) is 18.9. The number of methoxy groups -OCH3 is 2. The van der Waals surface area contributed by atoms with Crippen LogP contribution < -0.4 is 9.47 Å². The van der Waals surface area contributed by atoms with Gasteiger partial charge in [0.1, 0.15) is 11.5 Å².